The molecule has 1 spiro atoms. The lowest BCUT2D eigenvalue weighted by molar-refractivity contribution is -0.128. The molecule has 1 amide bonds. The maximum absolute atomic E-state index is 13.6. The molecule has 2 aromatic rings. The summed E-state index contributed by atoms with van der Waals surface area (Å²) in [7, 11) is 1.66. The van der Waals surface area contributed by atoms with Gasteiger partial charge in [0.15, 0.2) is 0 Å². The Bertz CT molecular complexity index is 890. The van der Waals surface area contributed by atoms with E-state index in [4.69, 9.17) is 4.74 Å². The van der Waals surface area contributed by atoms with Gasteiger partial charge in [-0.3, -0.25) is 9.69 Å². The van der Waals surface area contributed by atoms with E-state index >= 15 is 0 Å². The Balaban J connectivity index is 1.36. The molecule has 2 heterocycles. The van der Waals surface area contributed by atoms with Crippen molar-refractivity contribution < 1.29 is 13.9 Å². The van der Waals surface area contributed by atoms with E-state index in [-0.39, 0.29) is 17.1 Å². The first-order valence-electron chi connectivity index (χ1n) is 10.3. The number of hydrogen-bond acceptors (Lipinski definition) is 3. The minimum absolute atomic E-state index is 0.0867. The molecular formula is C24H29FN2O2. The number of aryl methyl sites for hydroxylation is 1. The van der Waals surface area contributed by atoms with Crippen LogP contribution in [0.5, 0.6) is 5.75 Å². The van der Waals surface area contributed by atoms with Gasteiger partial charge in [0, 0.05) is 26.1 Å². The summed E-state index contributed by atoms with van der Waals surface area (Å²) in [6.07, 6.45) is 2.67. The average molecular weight is 397 g/mol. The van der Waals surface area contributed by atoms with E-state index in [9.17, 15) is 9.18 Å². The van der Waals surface area contributed by atoms with Gasteiger partial charge in [-0.05, 0) is 79.2 Å². The van der Waals surface area contributed by atoms with E-state index < -0.39 is 0 Å². The van der Waals surface area contributed by atoms with Crippen molar-refractivity contribution in [1.29, 1.82) is 0 Å². The number of carbonyl (C=O) groups excluding carboxylic acids is 1. The third-order valence-electron chi connectivity index (χ3n) is 6.53. The zero-order chi connectivity index (χ0) is 20.4. The van der Waals surface area contributed by atoms with Crippen molar-refractivity contribution in [2.24, 2.45) is 5.41 Å². The van der Waals surface area contributed by atoms with Crippen LogP contribution in [0.2, 0.25) is 0 Å². The second kappa shape index (κ2) is 8.15. The minimum atomic E-state index is -0.173. The Labute approximate surface area is 172 Å². The second-order valence-electron chi connectivity index (χ2n) is 8.63. The zero-order valence-electron chi connectivity index (χ0n) is 17.3. The molecule has 2 aliphatic heterocycles. The van der Waals surface area contributed by atoms with Crippen LogP contribution in [0.3, 0.4) is 0 Å². The highest BCUT2D eigenvalue weighted by molar-refractivity contribution is 5.79. The standard InChI is InChI=1S/C24H29FN2O2/c1-18-6-7-21(25)13-20(18)16-26-10-8-24(9-11-26)14-23(28)27(17-24)15-19-4-3-5-22(12-19)29-2/h3-7,12-13H,8-11,14-17H2,1-2H3. The van der Waals surface area contributed by atoms with Crippen molar-refractivity contribution in [1.82, 2.24) is 9.80 Å². The summed E-state index contributed by atoms with van der Waals surface area (Å²) in [5.41, 5.74) is 3.38. The fourth-order valence-electron chi connectivity index (χ4n) is 4.69. The molecule has 2 aliphatic rings. The summed E-state index contributed by atoms with van der Waals surface area (Å²) in [5, 5.41) is 0. The van der Waals surface area contributed by atoms with Gasteiger partial charge in [0.25, 0.3) is 0 Å². The van der Waals surface area contributed by atoms with Crippen molar-refractivity contribution >= 4 is 5.91 Å². The largest absolute Gasteiger partial charge is 0.497 e. The number of ether oxygens (including phenoxy) is 1. The molecular weight excluding hydrogens is 367 g/mol. The summed E-state index contributed by atoms with van der Waals surface area (Å²) in [4.78, 5) is 17.1. The summed E-state index contributed by atoms with van der Waals surface area (Å²) in [6, 6.07) is 13.0. The van der Waals surface area contributed by atoms with Crippen LogP contribution in [-0.4, -0.2) is 42.5 Å². The summed E-state index contributed by atoms with van der Waals surface area (Å²) in [5.74, 6) is 0.903. The van der Waals surface area contributed by atoms with Crippen molar-refractivity contribution in [3.63, 3.8) is 0 Å². The van der Waals surface area contributed by atoms with Gasteiger partial charge in [-0.15, -0.1) is 0 Å². The van der Waals surface area contributed by atoms with Crippen molar-refractivity contribution in [3.8, 4) is 5.75 Å². The van der Waals surface area contributed by atoms with Crippen molar-refractivity contribution in [2.45, 2.75) is 39.3 Å². The van der Waals surface area contributed by atoms with Crippen LogP contribution in [0.1, 0.15) is 36.0 Å². The van der Waals surface area contributed by atoms with Crippen LogP contribution in [0.15, 0.2) is 42.5 Å². The Hall–Kier alpha value is -2.40. The predicted octanol–water partition coefficient (Wildman–Crippen LogP) is 4.16. The first kappa shape index (κ1) is 19.9. The predicted molar refractivity (Wildman–Crippen MR) is 111 cm³/mol. The van der Waals surface area contributed by atoms with Crippen LogP contribution in [-0.2, 0) is 17.9 Å². The Kier molecular flexibility index (Phi) is 5.59. The van der Waals surface area contributed by atoms with Gasteiger partial charge in [-0.25, -0.2) is 4.39 Å². The maximum atomic E-state index is 13.6. The van der Waals surface area contributed by atoms with Gasteiger partial charge < -0.3 is 9.64 Å². The fraction of sp³-hybridized carbons (Fsp3) is 0.458. The molecule has 2 saturated heterocycles. The van der Waals surface area contributed by atoms with E-state index in [0.29, 0.717) is 13.0 Å². The molecule has 0 bridgehead atoms. The highest BCUT2D eigenvalue weighted by Gasteiger charge is 2.44. The van der Waals surface area contributed by atoms with Crippen LogP contribution in [0, 0.1) is 18.2 Å². The van der Waals surface area contributed by atoms with Crippen molar-refractivity contribution in [2.75, 3.05) is 26.7 Å². The monoisotopic (exact) mass is 396 g/mol. The molecule has 0 atom stereocenters. The Morgan fingerprint density at radius 2 is 1.90 bits per heavy atom. The first-order chi connectivity index (χ1) is 14.0. The van der Waals surface area contributed by atoms with Gasteiger partial charge in [-0.2, -0.15) is 0 Å². The van der Waals surface area contributed by atoms with E-state index in [1.165, 1.54) is 6.07 Å². The van der Waals surface area contributed by atoms with E-state index in [0.717, 1.165) is 61.5 Å². The molecule has 2 aromatic carbocycles. The fourth-order valence-corrected chi connectivity index (χ4v) is 4.69. The molecule has 0 aliphatic carbocycles. The van der Waals surface area contributed by atoms with Gasteiger partial charge in [0.2, 0.25) is 5.91 Å². The highest BCUT2D eigenvalue weighted by Crippen LogP contribution is 2.41. The van der Waals surface area contributed by atoms with Crippen molar-refractivity contribution in [3.05, 3.63) is 65.0 Å². The summed E-state index contributed by atoms with van der Waals surface area (Å²) in [6.45, 7) is 6.19. The summed E-state index contributed by atoms with van der Waals surface area (Å²) < 4.78 is 18.9. The van der Waals surface area contributed by atoms with E-state index in [1.54, 1.807) is 13.2 Å². The zero-order valence-corrected chi connectivity index (χ0v) is 17.3. The molecule has 0 N–H and O–H groups in total. The number of methoxy groups -OCH3 is 1. The second-order valence-corrected chi connectivity index (χ2v) is 8.63. The number of piperidine rings is 1. The van der Waals surface area contributed by atoms with E-state index in [2.05, 4.69) is 4.90 Å². The first-order valence-corrected chi connectivity index (χ1v) is 10.3. The third-order valence-corrected chi connectivity index (χ3v) is 6.53. The van der Waals surface area contributed by atoms with Crippen LogP contribution in [0.4, 0.5) is 4.39 Å². The molecule has 0 radical (unpaired) electrons. The SMILES string of the molecule is COc1cccc(CN2CC3(CCN(Cc4cc(F)ccc4C)CC3)CC2=O)c1. The van der Waals surface area contributed by atoms with Gasteiger partial charge in [-0.1, -0.05) is 18.2 Å². The maximum Gasteiger partial charge on any atom is 0.223 e. The quantitative estimate of drug-likeness (QED) is 0.761. The number of likely N-dealkylation sites (tertiary alicyclic amines) is 2. The number of benzene rings is 2. The molecule has 0 unspecified atom stereocenters. The van der Waals surface area contributed by atoms with Crippen LogP contribution < -0.4 is 4.74 Å². The number of nitrogens with zero attached hydrogens (tertiary/aromatic N) is 2. The smallest absolute Gasteiger partial charge is 0.223 e. The molecule has 0 saturated carbocycles. The number of rotatable bonds is 5. The molecule has 4 nitrogen and oxygen atoms in total. The number of halogens is 1. The van der Waals surface area contributed by atoms with Gasteiger partial charge in [0.1, 0.15) is 11.6 Å². The number of amides is 1. The molecule has 0 aromatic heterocycles. The molecule has 154 valence electrons. The lowest BCUT2D eigenvalue weighted by Crippen LogP contribution is -2.41. The molecule has 29 heavy (non-hydrogen) atoms. The lowest BCUT2D eigenvalue weighted by Gasteiger charge is -2.39. The van der Waals surface area contributed by atoms with Crippen LogP contribution in [0.25, 0.3) is 0 Å². The normalized spacial score (nSPS) is 19.1. The molecule has 4 rings (SSSR count). The van der Waals surface area contributed by atoms with Gasteiger partial charge >= 0.3 is 0 Å². The summed E-state index contributed by atoms with van der Waals surface area (Å²) >= 11 is 0. The molecule has 2 fully saturated rings. The minimum Gasteiger partial charge on any atom is -0.497 e. The topological polar surface area (TPSA) is 32.8 Å². The van der Waals surface area contributed by atoms with Gasteiger partial charge in [0.05, 0.1) is 7.11 Å². The van der Waals surface area contributed by atoms with Crippen LogP contribution >= 0.6 is 0 Å². The lowest BCUT2D eigenvalue weighted by atomic mass is 9.77. The number of hydrogen-bond donors (Lipinski definition) is 0. The Morgan fingerprint density at radius 1 is 1.10 bits per heavy atom. The van der Waals surface area contributed by atoms with E-state index in [1.807, 2.05) is 42.2 Å². The third kappa shape index (κ3) is 4.45. The average Bonchev–Trinajstić information content (AvgIpc) is 3.01. The Morgan fingerprint density at radius 3 is 2.66 bits per heavy atom. The highest BCUT2D eigenvalue weighted by atomic mass is 19.1. The molecule has 5 heteroatoms. The number of carbonyl (C=O) groups is 1.